The van der Waals surface area contributed by atoms with Crippen molar-refractivity contribution in [2.45, 2.75) is 13.0 Å². The predicted molar refractivity (Wildman–Crippen MR) is 97.8 cm³/mol. The summed E-state index contributed by atoms with van der Waals surface area (Å²) in [5.41, 5.74) is 1.40. The normalized spacial score (nSPS) is 11.2. The van der Waals surface area contributed by atoms with Gasteiger partial charge in [0.1, 0.15) is 23.1 Å². The Balaban J connectivity index is 1.88. The molecule has 7 heteroatoms. The Bertz CT molecular complexity index is 766. The van der Waals surface area contributed by atoms with Crippen LogP contribution < -0.4 is 20.1 Å². The van der Waals surface area contributed by atoms with E-state index >= 15 is 0 Å². The maximum absolute atomic E-state index is 13.6. The monoisotopic (exact) mass is 363 g/mol. The summed E-state index contributed by atoms with van der Waals surface area (Å²) in [6.07, 6.45) is 0.415. The summed E-state index contributed by atoms with van der Waals surface area (Å²) in [7, 11) is 4.85. The van der Waals surface area contributed by atoms with E-state index in [4.69, 9.17) is 9.47 Å². The molecule has 0 bridgehead atoms. The Morgan fingerprint density at radius 3 is 2.42 bits per heavy atom. The van der Waals surface area contributed by atoms with Gasteiger partial charge in [-0.05, 0) is 30.2 Å². The van der Waals surface area contributed by atoms with Crippen molar-refractivity contribution in [2.75, 3.05) is 27.8 Å². The van der Waals surface area contributed by atoms with Crippen LogP contribution in [0.15, 0.2) is 41.4 Å². The number of ether oxygens (including phenoxy) is 2. The molecule has 0 heterocycles. The van der Waals surface area contributed by atoms with Gasteiger partial charge in [0.05, 0.1) is 14.2 Å². The Morgan fingerprint density at radius 1 is 1.00 bits per heavy atom. The SMILES string of the molecule is CN=C(NCCc1ccc(F)cc1F)NCc1ccc(OC)cc1OC. The van der Waals surface area contributed by atoms with Crippen LogP contribution in [0.3, 0.4) is 0 Å². The number of aliphatic imine (C=N–C) groups is 1. The third-order valence-corrected chi connectivity index (χ3v) is 3.87. The van der Waals surface area contributed by atoms with Crippen molar-refractivity contribution in [3.05, 3.63) is 59.2 Å². The number of hydrogen-bond donors (Lipinski definition) is 2. The summed E-state index contributed by atoms with van der Waals surface area (Å²) in [4.78, 5) is 4.14. The van der Waals surface area contributed by atoms with Crippen LogP contribution in [0.4, 0.5) is 8.78 Å². The number of hydrogen-bond acceptors (Lipinski definition) is 3. The highest BCUT2D eigenvalue weighted by atomic mass is 19.1. The Kier molecular flexibility index (Phi) is 7.20. The van der Waals surface area contributed by atoms with Crippen molar-refractivity contribution in [1.29, 1.82) is 0 Å². The second-order valence-corrected chi connectivity index (χ2v) is 5.52. The summed E-state index contributed by atoms with van der Waals surface area (Å²) in [6.45, 7) is 0.958. The number of rotatable bonds is 7. The molecule has 140 valence electrons. The fourth-order valence-corrected chi connectivity index (χ4v) is 2.44. The number of halogens is 2. The molecule has 0 radical (unpaired) electrons. The van der Waals surface area contributed by atoms with Crippen LogP contribution in [0.2, 0.25) is 0 Å². The number of guanidine groups is 1. The molecule has 0 aliphatic heterocycles. The van der Waals surface area contributed by atoms with Crippen LogP contribution in [0.25, 0.3) is 0 Å². The lowest BCUT2D eigenvalue weighted by Crippen LogP contribution is -2.38. The molecule has 0 saturated heterocycles. The van der Waals surface area contributed by atoms with Crippen molar-refractivity contribution in [3.63, 3.8) is 0 Å². The first-order chi connectivity index (χ1) is 12.6. The topological polar surface area (TPSA) is 54.9 Å². The lowest BCUT2D eigenvalue weighted by atomic mass is 10.1. The van der Waals surface area contributed by atoms with Gasteiger partial charge in [-0.2, -0.15) is 0 Å². The first-order valence-corrected chi connectivity index (χ1v) is 8.16. The van der Waals surface area contributed by atoms with Gasteiger partial charge in [0.25, 0.3) is 0 Å². The minimum Gasteiger partial charge on any atom is -0.497 e. The number of nitrogens with one attached hydrogen (secondary N) is 2. The molecule has 0 aliphatic rings. The van der Waals surface area contributed by atoms with Crippen molar-refractivity contribution in [3.8, 4) is 11.5 Å². The zero-order chi connectivity index (χ0) is 18.9. The molecular weight excluding hydrogens is 340 g/mol. The summed E-state index contributed by atoms with van der Waals surface area (Å²) in [5.74, 6) is 0.878. The minimum absolute atomic E-state index is 0.415. The molecule has 0 aliphatic carbocycles. The lowest BCUT2D eigenvalue weighted by molar-refractivity contribution is 0.390. The van der Waals surface area contributed by atoms with E-state index in [2.05, 4.69) is 15.6 Å². The second kappa shape index (κ2) is 9.60. The zero-order valence-electron chi connectivity index (χ0n) is 15.1. The predicted octanol–water partition coefficient (Wildman–Crippen LogP) is 2.89. The second-order valence-electron chi connectivity index (χ2n) is 5.52. The van der Waals surface area contributed by atoms with E-state index in [0.717, 1.165) is 17.4 Å². The molecule has 2 aromatic carbocycles. The summed E-state index contributed by atoms with van der Waals surface area (Å²) in [5, 5.41) is 6.28. The van der Waals surface area contributed by atoms with Crippen molar-refractivity contribution < 1.29 is 18.3 Å². The van der Waals surface area contributed by atoms with Crippen LogP contribution in [0.5, 0.6) is 11.5 Å². The lowest BCUT2D eigenvalue weighted by Gasteiger charge is -2.14. The van der Waals surface area contributed by atoms with E-state index < -0.39 is 11.6 Å². The van der Waals surface area contributed by atoms with Crippen LogP contribution >= 0.6 is 0 Å². The molecule has 0 saturated carbocycles. The van der Waals surface area contributed by atoms with Crippen LogP contribution in [0, 0.1) is 11.6 Å². The highest BCUT2D eigenvalue weighted by molar-refractivity contribution is 5.79. The summed E-state index contributed by atoms with van der Waals surface area (Å²) >= 11 is 0. The van der Waals surface area contributed by atoms with Gasteiger partial charge in [-0.15, -0.1) is 0 Å². The third-order valence-electron chi connectivity index (χ3n) is 3.87. The van der Waals surface area contributed by atoms with Gasteiger partial charge in [0.15, 0.2) is 5.96 Å². The molecule has 0 amide bonds. The molecule has 2 N–H and O–H groups in total. The smallest absolute Gasteiger partial charge is 0.191 e. The maximum Gasteiger partial charge on any atom is 0.191 e. The maximum atomic E-state index is 13.6. The highest BCUT2D eigenvalue weighted by Gasteiger charge is 2.07. The van der Waals surface area contributed by atoms with E-state index in [-0.39, 0.29) is 0 Å². The van der Waals surface area contributed by atoms with E-state index in [1.807, 2.05) is 18.2 Å². The van der Waals surface area contributed by atoms with E-state index in [1.54, 1.807) is 21.3 Å². The highest BCUT2D eigenvalue weighted by Crippen LogP contribution is 2.24. The molecule has 26 heavy (non-hydrogen) atoms. The molecule has 5 nitrogen and oxygen atoms in total. The van der Waals surface area contributed by atoms with E-state index in [9.17, 15) is 8.78 Å². The van der Waals surface area contributed by atoms with Gasteiger partial charge < -0.3 is 20.1 Å². The fourth-order valence-electron chi connectivity index (χ4n) is 2.44. The third kappa shape index (κ3) is 5.34. The van der Waals surface area contributed by atoms with Crippen molar-refractivity contribution in [1.82, 2.24) is 10.6 Å². The average molecular weight is 363 g/mol. The fraction of sp³-hybridized carbons (Fsp3) is 0.316. The standard InChI is InChI=1S/C19H23F2N3O2/c1-22-19(23-9-8-13-4-6-15(20)10-17(13)21)24-12-14-5-7-16(25-2)11-18(14)26-3/h4-7,10-11H,8-9,12H2,1-3H3,(H2,22,23,24). The molecule has 0 unspecified atom stereocenters. The minimum atomic E-state index is -0.579. The van der Waals surface area contributed by atoms with Crippen molar-refractivity contribution >= 4 is 5.96 Å². The first-order valence-electron chi connectivity index (χ1n) is 8.16. The number of methoxy groups -OCH3 is 2. The quantitative estimate of drug-likeness (QED) is 0.587. The molecular formula is C19H23F2N3O2. The summed E-state index contributed by atoms with van der Waals surface area (Å²) < 4.78 is 37.1. The number of benzene rings is 2. The van der Waals surface area contributed by atoms with Crippen LogP contribution in [-0.4, -0.2) is 33.8 Å². The molecule has 0 fully saturated rings. The van der Waals surface area contributed by atoms with Gasteiger partial charge in [-0.3, -0.25) is 4.99 Å². The van der Waals surface area contributed by atoms with Gasteiger partial charge in [-0.25, -0.2) is 8.78 Å². The van der Waals surface area contributed by atoms with Gasteiger partial charge in [0.2, 0.25) is 0 Å². The van der Waals surface area contributed by atoms with Crippen molar-refractivity contribution in [2.24, 2.45) is 4.99 Å². The van der Waals surface area contributed by atoms with Gasteiger partial charge in [0, 0.05) is 37.8 Å². The first kappa shape index (κ1) is 19.5. The zero-order valence-corrected chi connectivity index (χ0v) is 15.1. The molecule has 0 aromatic heterocycles. The molecule has 0 atom stereocenters. The van der Waals surface area contributed by atoms with Gasteiger partial charge in [-0.1, -0.05) is 6.07 Å². The van der Waals surface area contributed by atoms with Crippen LogP contribution in [0.1, 0.15) is 11.1 Å². The molecule has 2 rings (SSSR count). The summed E-state index contributed by atoms with van der Waals surface area (Å²) in [6, 6.07) is 9.16. The molecule has 2 aromatic rings. The Hall–Kier alpha value is -2.83. The van der Waals surface area contributed by atoms with E-state index in [0.29, 0.717) is 36.8 Å². The number of nitrogens with zero attached hydrogens (tertiary/aromatic N) is 1. The average Bonchev–Trinajstić information content (AvgIpc) is 2.65. The van der Waals surface area contributed by atoms with Gasteiger partial charge >= 0.3 is 0 Å². The van der Waals surface area contributed by atoms with E-state index in [1.165, 1.54) is 12.1 Å². The Labute approximate surface area is 152 Å². The molecule has 0 spiro atoms. The largest absolute Gasteiger partial charge is 0.497 e. The Morgan fingerprint density at radius 2 is 1.77 bits per heavy atom. The van der Waals surface area contributed by atoms with Crippen LogP contribution in [-0.2, 0) is 13.0 Å².